The van der Waals surface area contributed by atoms with Crippen LogP contribution in [0.25, 0.3) is 0 Å². The highest BCUT2D eigenvalue weighted by Crippen LogP contribution is 2.25. The Labute approximate surface area is 130 Å². The number of aryl methyl sites for hydroxylation is 2. The molecule has 0 spiro atoms. The first kappa shape index (κ1) is 16.0. The van der Waals surface area contributed by atoms with Gasteiger partial charge in [0.25, 0.3) is 0 Å². The lowest BCUT2D eigenvalue weighted by molar-refractivity contribution is 0.182. The molecule has 1 heterocycles. The van der Waals surface area contributed by atoms with E-state index in [0.29, 0.717) is 18.2 Å². The van der Waals surface area contributed by atoms with Crippen LogP contribution in [0.3, 0.4) is 0 Å². The van der Waals surface area contributed by atoms with Gasteiger partial charge in [0.15, 0.2) is 0 Å². The van der Waals surface area contributed by atoms with Gasteiger partial charge in [-0.25, -0.2) is 0 Å². The summed E-state index contributed by atoms with van der Waals surface area (Å²) in [5, 5.41) is 4.90. The van der Waals surface area contributed by atoms with Gasteiger partial charge >= 0.3 is 0 Å². The zero-order valence-electron chi connectivity index (χ0n) is 12.6. The van der Waals surface area contributed by atoms with Crippen LogP contribution >= 0.6 is 11.6 Å². The Morgan fingerprint density at radius 2 is 2.14 bits per heavy atom. The minimum atomic E-state index is -0.128. The molecular formula is C16H22ClN3O. The molecule has 0 aliphatic carbocycles. The van der Waals surface area contributed by atoms with Crippen LogP contribution < -0.4 is 5.73 Å². The zero-order chi connectivity index (χ0) is 15.2. The molecule has 2 N–H and O–H groups in total. The van der Waals surface area contributed by atoms with Gasteiger partial charge in [-0.2, -0.15) is 5.10 Å². The monoisotopic (exact) mass is 307 g/mol. The minimum absolute atomic E-state index is 0.128. The molecule has 0 aliphatic rings. The summed E-state index contributed by atoms with van der Waals surface area (Å²) in [7, 11) is 1.67. The van der Waals surface area contributed by atoms with Crippen molar-refractivity contribution in [3.8, 4) is 0 Å². The van der Waals surface area contributed by atoms with Gasteiger partial charge in [-0.3, -0.25) is 4.68 Å². The predicted octanol–water partition coefficient (Wildman–Crippen LogP) is 3.12. The third-order valence-corrected chi connectivity index (χ3v) is 3.97. The van der Waals surface area contributed by atoms with Crippen molar-refractivity contribution in [1.82, 2.24) is 9.78 Å². The van der Waals surface area contributed by atoms with Crippen molar-refractivity contribution in [2.45, 2.75) is 32.4 Å². The van der Waals surface area contributed by atoms with E-state index in [1.807, 2.05) is 4.68 Å². The van der Waals surface area contributed by atoms with Crippen LogP contribution in [0, 0.1) is 6.92 Å². The second-order valence-electron chi connectivity index (χ2n) is 5.17. The predicted molar refractivity (Wildman–Crippen MR) is 85.5 cm³/mol. The van der Waals surface area contributed by atoms with Crippen molar-refractivity contribution >= 4 is 11.6 Å². The van der Waals surface area contributed by atoms with E-state index in [0.717, 1.165) is 18.5 Å². The average Bonchev–Trinajstić information content (AvgIpc) is 2.85. The number of benzene rings is 1. The Hall–Kier alpha value is -1.36. The van der Waals surface area contributed by atoms with Gasteiger partial charge in [-0.1, -0.05) is 35.9 Å². The molecule has 2 rings (SSSR count). The summed E-state index contributed by atoms with van der Waals surface area (Å²) < 4.78 is 6.93. The van der Waals surface area contributed by atoms with E-state index >= 15 is 0 Å². The SMILES string of the molecule is COCCn1ncc(Cl)c1C(N)CCc1ccccc1C. The molecule has 4 nitrogen and oxygen atoms in total. The third kappa shape index (κ3) is 4.06. The summed E-state index contributed by atoms with van der Waals surface area (Å²) in [5.74, 6) is 0. The van der Waals surface area contributed by atoms with Crippen LogP contribution in [0.2, 0.25) is 5.02 Å². The third-order valence-electron chi connectivity index (χ3n) is 3.68. The number of aromatic nitrogens is 2. The molecule has 2 aromatic rings. The lowest BCUT2D eigenvalue weighted by Gasteiger charge is -2.15. The van der Waals surface area contributed by atoms with E-state index in [4.69, 9.17) is 22.1 Å². The fourth-order valence-corrected chi connectivity index (χ4v) is 2.72. The molecule has 0 aliphatic heterocycles. The quantitative estimate of drug-likeness (QED) is 0.855. The van der Waals surface area contributed by atoms with E-state index in [1.165, 1.54) is 11.1 Å². The maximum Gasteiger partial charge on any atom is 0.0834 e. The van der Waals surface area contributed by atoms with Crippen molar-refractivity contribution < 1.29 is 4.74 Å². The smallest absolute Gasteiger partial charge is 0.0834 e. The molecule has 0 saturated carbocycles. The summed E-state index contributed by atoms with van der Waals surface area (Å²) in [5.41, 5.74) is 9.84. The highest BCUT2D eigenvalue weighted by atomic mass is 35.5. The second-order valence-corrected chi connectivity index (χ2v) is 5.57. The fraction of sp³-hybridized carbons (Fsp3) is 0.438. The number of nitrogens with two attached hydrogens (primary N) is 1. The maximum absolute atomic E-state index is 6.32. The number of rotatable bonds is 7. The lowest BCUT2D eigenvalue weighted by Crippen LogP contribution is -2.19. The first-order chi connectivity index (χ1) is 10.1. The highest BCUT2D eigenvalue weighted by molar-refractivity contribution is 6.31. The molecule has 5 heteroatoms. The maximum atomic E-state index is 6.32. The van der Waals surface area contributed by atoms with Crippen LogP contribution in [0.5, 0.6) is 0 Å². The Bertz CT molecular complexity index is 583. The van der Waals surface area contributed by atoms with E-state index in [-0.39, 0.29) is 6.04 Å². The molecule has 0 saturated heterocycles. The van der Waals surface area contributed by atoms with Crippen LogP contribution in [-0.2, 0) is 17.7 Å². The summed E-state index contributed by atoms with van der Waals surface area (Å²) in [4.78, 5) is 0. The van der Waals surface area contributed by atoms with Gasteiger partial charge in [0.1, 0.15) is 0 Å². The number of nitrogens with zero attached hydrogens (tertiary/aromatic N) is 2. The summed E-state index contributed by atoms with van der Waals surface area (Å²) in [6.07, 6.45) is 3.42. The average molecular weight is 308 g/mol. The van der Waals surface area contributed by atoms with Gasteiger partial charge in [-0.05, 0) is 30.9 Å². The molecule has 0 bridgehead atoms. The van der Waals surface area contributed by atoms with Gasteiger partial charge in [0.05, 0.1) is 30.1 Å². The molecule has 1 unspecified atom stereocenters. The number of halogens is 1. The molecule has 114 valence electrons. The molecular weight excluding hydrogens is 286 g/mol. The number of hydrogen-bond donors (Lipinski definition) is 1. The Balaban J connectivity index is 2.05. The van der Waals surface area contributed by atoms with Crippen LogP contribution in [0.15, 0.2) is 30.5 Å². The van der Waals surface area contributed by atoms with Crippen LogP contribution in [0.4, 0.5) is 0 Å². The van der Waals surface area contributed by atoms with E-state index < -0.39 is 0 Å². The van der Waals surface area contributed by atoms with E-state index in [2.05, 4.69) is 36.3 Å². The van der Waals surface area contributed by atoms with Crippen molar-refractivity contribution in [2.75, 3.05) is 13.7 Å². The van der Waals surface area contributed by atoms with Crippen molar-refractivity contribution in [3.63, 3.8) is 0 Å². The lowest BCUT2D eigenvalue weighted by atomic mass is 10.00. The molecule has 1 aromatic heterocycles. The van der Waals surface area contributed by atoms with Crippen molar-refractivity contribution in [2.24, 2.45) is 5.73 Å². The standard InChI is InChI=1S/C16H22ClN3O/c1-12-5-3-4-6-13(12)7-8-15(18)16-14(17)11-19-20(16)9-10-21-2/h3-6,11,15H,7-10,18H2,1-2H3. The van der Waals surface area contributed by atoms with E-state index in [1.54, 1.807) is 13.3 Å². The van der Waals surface area contributed by atoms with Gasteiger partial charge in [0.2, 0.25) is 0 Å². The number of ether oxygens (including phenoxy) is 1. The summed E-state index contributed by atoms with van der Waals surface area (Å²) in [6.45, 7) is 3.38. The zero-order valence-corrected chi connectivity index (χ0v) is 13.3. The number of methoxy groups -OCH3 is 1. The Morgan fingerprint density at radius 1 is 1.38 bits per heavy atom. The Morgan fingerprint density at radius 3 is 2.86 bits per heavy atom. The Kier molecular flexibility index (Phi) is 5.79. The van der Waals surface area contributed by atoms with Crippen molar-refractivity contribution in [1.29, 1.82) is 0 Å². The van der Waals surface area contributed by atoms with Gasteiger partial charge in [0, 0.05) is 13.2 Å². The van der Waals surface area contributed by atoms with Crippen LogP contribution in [-0.4, -0.2) is 23.5 Å². The second kappa shape index (κ2) is 7.59. The normalized spacial score (nSPS) is 12.6. The van der Waals surface area contributed by atoms with Gasteiger partial charge in [-0.15, -0.1) is 0 Å². The van der Waals surface area contributed by atoms with Crippen LogP contribution in [0.1, 0.15) is 29.3 Å². The molecule has 0 amide bonds. The summed E-state index contributed by atoms with van der Waals surface area (Å²) >= 11 is 6.23. The number of hydrogen-bond acceptors (Lipinski definition) is 3. The highest BCUT2D eigenvalue weighted by Gasteiger charge is 2.17. The molecule has 1 aromatic carbocycles. The summed E-state index contributed by atoms with van der Waals surface area (Å²) in [6, 6.07) is 8.25. The first-order valence-corrected chi connectivity index (χ1v) is 7.51. The molecule has 0 radical (unpaired) electrons. The van der Waals surface area contributed by atoms with Crippen molar-refractivity contribution in [3.05, 3.63) is 52.3 Å². The molecule has 0 fully saturated rings. The molecule has 21 heavy (non-hydrogen) atoms. The topological polar surface area (TPSA) is 53.1 Å². The van der Waals surface area contributed by atoms with Gasteiger partial charge < -0.3 is 10.5 Å². The fourth-order valence-electron chi connectivity index (χ4n) is 2.43. The van der Waals surface area contributed by atoms with E-state index in [9.17, 15) is 0 Å². The molecule has 1 atom stereocenters. The minimum Gasteiger partial charge on any atom is -0.383 e. The largest absolute Gasteiger partial charge is 0.383 e. The first-order valence-electron chi connectivity index (χ1n) is 7.13.